The number of hydrogen-bond donors (Lipinski definition) is 2. The van der Waals surface area contributed by atoms with Gasteiger partial charge in [-0.3, -0.25) is 10.2 Å². The second kappa shape index (κ2) is 5.38. The van der Waals surface area contributed by atoms with Gasteiger partial charge in [0, 0.05) is 10.6 Å². The van der Waals surface area contributed by atoms with Gasteiger partial charge in [-0.25, -0.2) is 5.84 Å². The van der Waals surface area contributed by atoms with Gasteiger partial charge in [-0.05, 0) is 38.0 Å². The van der Waals surface area contributed by atoms with Crippen molar-refractivity contribution in [2.24, 2.45) is 5.84 Å². The Kier molecular flexibility index (Phi) is 4.37. The summed E-state index contributed by atoms with van der Waals surface area (Å²) in [6, 6.07) is 1.82. The van der Waals surface area contributed by atoms with Crippen molar-refractivity contribution in [3.63, 3.8) is 0 Å². The fourth-order valence-corrected chi connectivity index (χ4v) is 2.06. The summed E-state index contributed by atoms with van der Waals surface area (Å²) in [5, 5.41) is 0.650. The normalized spacial score (nSPS) is 12.1. The summed E-state index contributed by atoms with van der Waals surface area (Å²) in [6.07, 6.45) is 0. The molecule has 0 heterocycles. The molecule has 0 saturated carbocycles. The third kappa shape index (κ3) is 2.53. The molecule has 1 atom stereocenters. The molecule has 4 nitrogen and oxygen atoms in total. The van der Waals surface area contributed by atoms with Crippen LogP contribution in [0.25, 0.3) is 0 Å². The van der Waals surface area contributed by atoms with E-state index in [9.17, 15) is 4.79 Å². The second-order valence-electron chi connectivity index (χ2n) is 3.98. The first-order chi connectivity index (χ1) is 7.93. The molecule has 1 unspecified atom stereocenters. The lowest BCUT2D eigenvalue weighted by molar-refractivity contribution is -0.122. The lowest BCUT2D eigenvalue weighted by Gasteiger charge is -2.19. The van der Waals surface area contributed by atoms with E-state index in [1.165, 1.54) is 0 Å². The molecule has 17 heavy (non-hydrogen) atoms. The molecule has 0 bridgehead atoms. The molecule has 0 aromatic heterocycles. The Bertz CT molecular complexity index is 447. The SMILES string of the molecule is COc1cc(C)c(Cl)c(C)c1C(C)C(=O)NN. The highest BCUT2D eigenvalue weighted by Gasteiger charge is 2.22. The van der Waals surface area contributed by atoms with Gasteiger partial charge in [0.2, 0.25) is 5.91 Å². The predicted molar refractivity (Wildman–Crippen MR) is 68.2 cm³/mol. The van der Waals surface area contributed by atoms with Crippen molar-refractivity contribution in [3.05, 3.63) is 27.8 Å². The summed E-state index contributed by atoms with van der Waals surface area (Å²) in [4.78, 5) is 11.6. The zero-order valence-corrected chi connectivity index (χ0v) is 11.2. The van der Waals surface area contributed by atoms with Gasteiger partial charge in [-0.1, -0.05) is 11.6 Å². The van der Waals surface area contributed by atoms with Gasteiger partial charge in [0.25, 0.3) is 0 Å². The molecule has 0 spiro atoms. The minimum atomic E-state index is -0.409. The predicted octanol–water partition coefficient (Wildman–Crippen LogP) is 2.06. The number of amides is 1. The van der Waals surface area contributed by atoms with Crippen LogP contribution in [-0.4, -0.2) is 13.0 Å². The topological polar surface area (TPSA) is 64.3 Å². The molecule has 1 aromatic carbocycles. The smallest absolute Gasteiger partial charge is 0.241 e. The molecule has 0 radical (unpaired) electrons. The van der Waals surface area contributed by atoms with Gasteiger partial charge in [-0.15, -0.1) is 0 Å². The summed E-state index contributed by atoms with van der Waals surface area (Å²) in [6.45, 7) is 5.53. The minimum Gasteiger partial charge on any atom is -0.496 e. The Morgan fingerprint density at radius 2 is 2.12 bits per heavy atom. The van der Waals surface area contributed by atoms with Crippen LogP contribution in [0, 0.1) is 13.8 Å². The molecular weight excluding hydrogens is 240 g/mol. The number of carbonyl (C=O) groups excluding carboxylic acids is 1. The van der Waals surface area contributed by atoms with Crippen molar-refractivity contribution in [2.45, 2.75) is 26.7 Å². The van der Waals surface area contributed by atoms with E-state index in [0.29, 0.717) is 10.8 Å². The van der Waals surface area contributed by atoms with E-state index >= 15 is 0 Å². The van der Waals surface area contributed by atoms with Crippen molar-refractivity contribution < 1.29 is 9.53 Å². The van der Waals surface area contributed by atoms with Crippen LogP contribution < -0.4 is 16.0 Å². The minimum absolute atomic E-state index is 0.272. The number of nitrogens with one attached hydrogen (secondary N) is 1. The Morgan fingerprint density at radius 3 is 2.59 bits per heavy atom. The number of methoxy groups -OCH3 is 1. The number of hydrazine groups is 1. The lowest BCUT2D eigenvalue weighted by Crippen LogP contribution is -2.34. The van der Waals surface area contributed by atoms with E-state index in [4.69, 9.17) is 22.2 Å². The van der Waals surface area contributed by atoms with Gasteiger partial charge in [0.15, 0.2) is 0 Å². The molecule has 0 aliphatic rings. The molecule has 0 aliphatic carbocycles. The first kappa shape index (κ1) is 13.8. The standard InChI is InChI=1S/C12H17ClN2O2/c1-6-5-9(17-4)10(7(2)11(6)13)8(3)12(16)15-14/h5,8H,14H2,1-4H3,(H,15,16). The molecule has 94 valence electrons. The maximum absolute atomic E-state index is 11.6. The van der Waals surface area contributed by atoms with Crippen LogP contribution in [-0.2, 0) is 4.79 Å². The van der Waals surface area contributed by atoms with Gasteiger partial charge >= 0.3 is 0 Å². The largest absolute Gasteiger partial charge is 0.496 e. The highest BCUT2D eigenvalue weighted by atomic mass is 35.5. The zero-order chi connectivity index (χ0) is 13.2. The lowest BCUT2D eigenvalue weighted by atomic mass is 9.93. The third-order valence-electron chi connectivity index (χ3n) is 2.88. The van der Waals surface area contributed by atoms with Gasteiger partial charge in [0.05, 0.1) is 13.0 Å². The number of nitrogens with two attached hydrogens (primary N) is 1. The molecule has 0 fully saturated rings. The average molecular weight is 257 g/mol. The number of hydrogen-bond acceptors (Lipinski definition) is 3. The summed E-state index contributed by atoms with van der Waals surface area (Å²) in [7, 11) is 1.57. The molecule has 1 rings (SSSR count). The molecule has 3 N–H and O–H groups in total. The quantitative estimate of drug-likeness (QED) is 0.494. The van der Waals surface area contributed by atoms with Crippen molar-refractivity contribution in [2.75, 3.05) is 7.11 Å². The molecule has 0 aliphatic heterocycles. The molecule has 5 heteroatoms. The Hall–Kier alpha value is -1.26. The summed E-state index contributed by atoms with van der Waals surface area (Å²) >= 11 is 6.19. The first-order valence-electron chi connectivity index (χ1n) is 5.28. The average Bonchev–Trinajstić information content (AvgIpc) is 2.33. The van der Waals surface area contributed by atoms with Crippen LogP contribution in [0.4, 0.5) is 0 Å². The fourth-order valence-electron chi connectivity index (χ4n) is 1.90. The highest BCUT2D eigenvalue weighted by Crippen LogP contribution is 2.36. The monoisotopic (exact) mass is 256 g/mol. The van der Waals surface area contributed by atoms with Gasteiger partial charge in [-0.2, -0.15) is 0 Å². The maximum Gasteiger partial charge on any atom is 0.241 e. The Labute approximate surface area is 106 Å². The van der Waals surface area contributed by atoms with Crippen molar-refractivity contribution >= 4 is 17.5 Å². The summed E-state index contributed by atoms with van der Waals surface area (Å²) in [5.41, 5.74) is 4.68. The summed E-state index contributed by atoms with van der Waals surface area (Å²) < 4.78 is 5.30. The maximum atomic E-state index is 11.6. The van der Waals surface area contributed by atoms with Crippen LogP contribution in [0.2, 0.25) is 5.02 Å². The number of aryl methyl sites for hydroxylation is 1. The Morgan fingerprint density at radius 1 is 1.53 bits per heavy atom. The van der Waals surface area contributed by atoms with Crippen molar-refractivity contribution in [1.29, 1.82) is 0 Å². The van der Waals surface area contributed by atoms with Crippen LogP contribution in [0.1, 0.15) is 29.5 Å². The van der Waals surface area contributed by atoms with Crippen LogP contribution in [0.15, 0.2) is 6.07 Å². The Balaban J connectivity index is 3.40. The molecule has 0 saturated heterocycles. The van der Waals surface area contributed by atoms with Crippen molar-refractivity contribution in [1.82, 2.24) is 5.43 Å². The number of benzene rings is 1. The molecule has 1 aromatic rings. The number of halogens is 1. The van der Waals surface area contributed by atoms with E-state index < -0.39 is 5.92 Å². The van der Waals surface area contributed by atoms with Crippen molar-refractivity contribution in [3.8, 4) is 5.75 Å². The van der Waals surface area contributed by atoms with E-state index in [1.54, 1.807) is 14.0 Å². The second-order valence-corrected chi connectivity index (χ2v) is 4.36. The number of carbonyl (C=O) groups is 1. The van der Waals surface area contributed by atoms with Gasteiger partial charge < -0.3 is 4.74 Å². The van der Waals surface area contributed by atoms with E-state index in [-0.39, 0.29) is 5.91 Å². The van der Waals surface area contributed by atoms with E-state index in [0.717, 1.165) is 16.7 Å². The zero-order valence-electron chi connectivity index (χ0n) is 10.4. The fraction of sp³-hybridized carbons (Fsp3) is 0.417. The first-order valence-corrected chi connectivity index (χ1v) is 5.65. The van der Waals surface area contributed by atoms with Crippen LogP contribution in [0.3, 0.4) is 0 Å². The van der Waals surface area contributed by atoms with E-state index in [1.807, 2.05) is 19.9 Å². The molecule has 1 amide bonds. The van der Waals surface area contributed by atoms with Crippen LogP contribution in [0.5, 0.6) is 5.75 Å². The number of rotatable bonds is 3. The van der Waals surface area contributed by atoms with Gasteiger partial charge in [0.1, 0.15) is 5.75 Å². The summed E-state index contributed by atoms with van der Waals surface area (Å²) in [5.74, 6) is 5.12. The van der Waals surface area contributed by atoms with Crippen LogP contribution >= 0.6 is 11.6 Å². The number of ether oxygens (including phenoxy) is 1. The third-order valence-corrected chi connectivity index (χ3v) is 3.46. The van der Waals surface area contributed by atoms with E-state index in [2.05, 4.69) is 5.43 Å². The highest BCUT2D eigenvalue weighted by molar-refractivity contribution is 6.32. The molecular formula is C12H17ClN2O2.